The standard InChI is InChI=1S/C7H5.Re/c1-2-7-5-3-4-6-7;/h1,3,5H,4H2;. The molecular weight excluding hydrogens is 270 g/mol. The molecule has 0 saturated heterocycles. The average molecular weight is 275 g/mol. The van der Waals surface area contributed by atoms with Crippen molar-refractivity contribution >= 4 is 0 Å². The van der Waals surface area contributed by atoms with Gasteiger partial charge in [-0.2, -0.15) is 0 Å². The van der Waals surface area contributed by atoms with Crippen molar-refractivity contribution in [1.82, 2.24) is 0 Å². The van der Waals surface area contributed by atoms with E-state index in [4.69, 9.17) is 6.42 Å². The molecule has 1 rings (SSSR count). The van der Waals surface area contributed by atoms with Gasteiger partial charge in [-0.3, -0.25) is 0 Å². The zero-order valence-corrected chi connectivity index (χ0v) is 7.03. The first kappa shape index (κ1) is 5.83. The Balaban J connectivity index is 2.91. The van der Waals surface area contributed by atoms with Crippen LogP contribution in [0.4, 0.5) is 0 Å². The Hall–Kier alpha value is -0.298. The van der Waals surface area contributed by atoms with Crippen molar-refractivity contribution < 1.29 is 19.2 Å². The molecule has 0 aromatic heterocycles. The van der Waals surface area contributed by atoms with Crippen molar-refractivity contribution in [3.63, 3.8) is 0 Å². The zero-order chi connectivity index (χ0) is 5.98. The van der Waals surface area contributed by atoms with Crippen molar-refractivity contribution in [2.24, 2.45) is 0 Å². The van der Waals surface area contributed by atoms with Crippen LogP contribution in [0.1, 0.15) is 6.42 Å². The van der Waals surface area contributed by atoms with E-state index in [-0.39, 0.29) is 0 Å². The summed E-state index contributed by atoms with van der Waals surface area (Å²) in [6.07, 6.45) is 10.4. The number of rotatable bonds is 0. The van der Waals surface area contributed by atoms with Gasteiger partial charge >= 0.3 is 59.7 Å². The minimum atomic E-state index is 1.07. The molecule has 0 heterocycles. The van der Waals surface area contributed by atoms with Gasteiger partial charge < -0.3 is 0 Å². The average Bonchev–Trinajstić information content (AvgIpc) is 2.14. The van der Waals surface area contributed by atoms with Crippen molar-refractivity contribution in [3.8, 4) is 12.3 Å². The van der Waals surface area contributed by atoms with E-state index in [1.807, 2.05) is 6.08 Å². The molecule has 40 valence electrons. The molecule has 0 N–H and O–H groups in total. The molecule has 0 aromatic carbocycles. The van der Waals surface area contributed by atoms with E-state index < -0.39 is 0 Å². The van der Waals surface area contributed by atoms with Gasteiger partial charge in [0.05, 0.1) is 0 Å². The van der Waals surface area contributed by atoms with Gasteiger partial charge in [0.1, 0.15) is 0 Å². The maximum absolute atomic E-state index is 5.17. The van der Waals surface area contributed by atoms with Crippen LogP contribution >= 0.6 is 0 Å². The van der Waals surface area contributed by atoms with Crippen LogP contribution in [0.25, 0.3) is 0 Å². The summed E-state index contributed by atoms with van der Waals surface area (Å²) < 4.78 is 1.37. The van der Waals surface area contributed by atoms with Crippen molar-refractivity contribution in [3.05, 3.63) is 21.8 Å². The molecule has 0 fully saturated rings. The molecule has 0 bridgehead atoms. The Bertz CT molecular complexity index is 191. The molecule has 0 aliphatic heterocycles. The van der Waals surface area contributed by atoms with Gasteiger partial charge in [0.25, 0.3) is 0 Å². The van der Waals surface area contributed by atoms with Crippen LogP contribution in [0.5, 0.6) is 0 Å². The summed E-state index contributed by atoms with van der Waals surface area (Å²) in [7, 11) is 0. The van der Waals surface area contributed by atoms with E-state index in [0.717, 1.165) is 12.0 Å². The summed E-state index contributed by atoms with van der Waals surface area (Å²) in [6.45, 7) is 0. The molecule has 0 aromatic rings. The predicted octanol–water partition coefficient (Wildman–Crippen LogP) is 1.38. The fourth-order valence-electron chi connectivity index (χ4n) is 0.607. The predicted molar refractivity (Wildman–Crippen MR) is 29.6 cm³/mol. The van der Waals surface area contributed by atoms with Gasteiger partial charge in [0.2, 0.25) is 0 Å². The summed E-state index contributed by atoms with van der Waals surface area (Å²) in [5.74, 6) is 2.62. The first-order valence-electron chi connectivity index (χ1n) is 2.36. The first-order chi connectivity index (χ1) is 3.84. The summed E-state index contributed by atoms with van der Waals surface area (Å²) in [4.78, 5) is 0. The fraction of sp³-hybridized carbons (Fsp3) is 0.143. The van der Waals surface area contributed by atoms with E-state index in [2.05, 4.69) is 12.0 Å². The molecule has 0 saturated carbocycles. The number of allylic oxidation sites excluding steroid dienone is 4. The Morgan fingerprint density at radius 2 is 2.50 bits per heavy atom. The Kier molecular flexibility index (Phi) is 1.69. The molecule has 0 unspecified atom stereocenters. The third-order valence-electron chi connectivity index (χ3n) is 1.03. The number of hydrogen-bond donors (Lipinski definition) is 0. The molecule has 0 amide bonds. The summed E-state index contributed by atoms with van der Waals surface area (Å²) in [5, 5.41) is 0. The second-order valence-electron chi connectivity index (χ2n) is 1.57. The van der Waals surface area contributed by atoms with Gasteiger partial charge in [0.15, 0.2) is 0 Å². The molecule has 0 spiro atoms. The molecule has 1 heteroatoms. The van der Waals surface area contributed by atoms with Gasteiger partial charge in [-0.1, -0.05) is 0 Å². The normalized spacial score (nSPS) is 17.0. The van der Waals surface area contributed by atoms with Crippen LogP contribution in [0.3, 0.4) is 0 Å². The topological polar surface area (TPSA) is 0 Å². The van der Waals surface area contributed by atoms with E-state index in [9.17, 15) is 0 Å². The second-order valence-corrected chi connectivity index (χ2v) is 3.21. The molecular formula is C7H5Re. The van der Waals surface area contributed by atoms with Crippen LogP contribution < -0.4 is 0 Å². The maximum atomic E-state index is 5.17. The first-order valence-corrected chi connectivity index (χ1v) is 3.72. The van der Waals surface area contributed by atoms with Crippen LogP contribution in [0, 0.1) is 12.3 Å². The quantitative estimate of drug-likeness (QED) is 0.586. The minimum absolute atomic E-state index is 1.07. The monoisotopic (exact) mass is 276 g/mol. The molecule has 1 aliphatic rings. The van der Waals surface area contributed by atoms with Gasteiger partial charge in [-0.25, -0.2) is 0 Å². The third kappa shape index (κ3) is 0.921. The summed E-state index contributed by atoms with van der Waals surface area (Å²) in [6, 6.07) is 0. The second kappa shape index (κ2) is 2.32. The summed E-state index contributed by atoms with van der Waals surface area (Å²) >= 11 is 1.69. The Morgan fingerprint density at radius 1 is 1.75 bits per heavy atom. The van der Waals surface area contributed by atoms with Gasteiger partial charge in [-0.15, -0.1) is 0 Å². The fourth-order valence-corrected chi connectivity index (χ4v) is 1.35. The zero-order valence-electron chi connectivity index (χ0n) is 4.32. The van der Waals surface area contributed by atoms with Crippen LogP contribution in [-0.4, -0.2) is 0 Å². The van der Waals surface area contributed by atoms with E-state index >= 15 is 0 Å². The molecule has 0 nitrogen and oxygen atoms in total. The molecule has 0 atom stereocenters. The Morgan fingerprint density at radius 3 is 2.75 bits per heavy atom. The van der Waals surface area contributed by atoms with E-state index in [1.54, 1.807) is 19.2 Å². The molecule has 0 radical (unpaired) electrons. The number of terminal acetylenes is 1. The number of hydrogen-bond acceptors (Lipinski definition) is 0. The van der Waals surface area contributed by atoms with Gasteiger partial charge in [0, 0.05) is 0 Å². The summed E-state index contributed by atoms with van der Waals surface area (Å²) in [5.41, 5.74) is 1.08. The van der Waals surface area contributed by atoms with Crippen LogP contribution in [0.15, 0.2) is 21.8 Å². The molecule has 1 aliphatic carbocycles. The van der Waals surface area contributed by atoms with Crippen LogP contribution in [-0.2, 0) is 19.2 Å². The van der Waals surface area contributed by atoms with E-state index in [1.165, 1.54) is 4.05 Å². The van der Waals surface area contributed by atoms with Crippen LogP contribution in [0.2, 0.25) is 0 Å². The molecule has 8 heavy (non-hydrogen) atoms. The third-order valence-corrected chi connectivity index (χ3v) is 2.32. The van der Waals surface area contributed by atoms with Crippen molar-refractivity contribution in [2.75, 3.05) is 0 Å². The SMILES string of the molecule is C#CC1=[C]([Re])CC=C1. The van der Waals surface area contributed by atoms with Gasteiger partial charge in [-0.05, 0) is 0 Å². The van der Waals surface area contributed by atoms with Crippen molar-refractivity contribution in [2.45, 2.75) is 6.42 Å². The Labute approximate surface area is 60.1 Å². The van der Waals surface area contributed by atoms with E-state index in [0.29, 0.717) is 0 Å². The van der Waals surface area contributed by atoms with Crippen molar-refractivity contribution in [1.29, 1.82) is 0 Å².